The Morgan fingerprint density at radius 3 is 2.65 bits per heavy atom. The first-order valence-electron chi connectivity index (χ1n) is 6.98. The van der Waals surface area contributed by atoms with Gasteiger partial charge in [-0.15, -0.1) is 0 Å². The van der Waals surface area contributed by atoms with Crippen LogP contribution in [0.4, 0.5) is 10.2 Å². The van der Waals surface area contributed by atoms with Crippen LogP contribution in [0.1, 0.15) is 43.5 Å². The smallest absolute Gasteiger partial charge is 0.132 e. The van der Waals surface area contributed by atoms with Crippen molar-refractivity contribution in [2.75, 3.05) is 5.73 Å². The second kappa shape index (κ2) is 4.22. The fourth-order valence-electron chi connectivity index (χ4n) is 2.69. The van der Waals surface area contributed by atoms with Gasteiger partial charge in [-0.3, -0.25) is 0 Å². The zero-order chi connectivity index (χ0) is 13.9. The molecular weight excluding hydrogens is 277 g/mol. The molecule has 2 N–H and O–H groups in total. The lowest BCUT2D eigenvalue weighted by molar-refractivity contribution is 0.631. The van der Waals surface area contributed by atoms with Gasteiger partial charge >= 0.3 is 0 Å². The predicted octanol–water partition coefficient (Wildman–Crippen LogP) is 4.14. The number of hydrogen-bond acceptors (Lipinski definition) is 2. The summed E-state index contributed by atoms with van der Waals surface area (Å²) in [5, 5.41) is 0.495. The van der Waals surface area contributed by atoms with E-state index in [4.69, 9.17) is 17.3 Å². The summed E-state index contributed by atoms with van der Waals surface area (Å²) in [6, 6.07) is 4.96. The summed E-state index contributed by atoms with van der Waals surface area (Å²) in [4.78, 5) is 4.64. The number of aromatic nitrogens is 2. The van der Waals surface area contributed by atoms with Gasteiger partial charge in [0.2, 0.25) is 0 Å². The number of rotatable bonds is 3. The van der Waals surface area contributed by atoms with Crippen LogP contribution in [0.15, 0.2) is 18.2 Å². The van der Waals surface area contributed by atoms with Crippen molar-refractivity contribution in [3.63, 3.8) is 0 Å². The zero-order valence-corrected chi connectivity index (χ0v) is 11.7. The van der Waals surface area contributed by atoms with Crippen molar-refractivity contribution in [2.45, 2.75) is 37.6 Å². The van der Waals surface area contributed by atoms with E-state index < -0.39 is 0 Å². The van der Waals surface area contributed by atoms with Crippen molar-refractivity contribution in [3.8, 4) is 11.3 Å². The van der Waals surface area contributed by atoms with Gasteiger partial charge in [0.15, 0.2) is 0 Å². The molecule has 3 nitrogen and oxygen atoms in total. The van der Waals surface area contributed by atoms with Gasteiger partial charge in [0.1, 0.15) is 23.2 Å². The van der Waals surface area contributed by atoms with Crippen molar-refractivity contribution in [2.24, 2.45) is 0 Å². The SMILES string of the molecule is Nc1c(-c2cc(Cl)ccc2F)nc(C2CC2)n1C1CC1. The summed E-state index contributed by atoms with van der Waals surface area (Å²) < 4.78 is 16.2. The van der Waals surface area contributed by atoms with Crippen LogP contribution in [0.25, 0.3) is 11.3 Å². The molecular formula is C15H15ClFN3. The molecule has 0 bridgehead atoms. The molecule has 5 heteroatoms. The van der Waals surface area contributed by atoms with Gasteiger partial charge in [-0.05, 0) is 43.9 Å². The molecule has 0 atom stereocenters. The Bertz CT molecular complexity index is 687. The van der Waals surface area contributed by atoms with Crippen LogP contribution in [0.3, 0.4) is 0 Å². The number of nitrogens with two attached hydrogens (primary N) is 1. The third-order valence-corrected chi connectivity index (χ3v) is 4.25. The van der Waals surface area contributed by atoms with Gasteiger partial charge in [0.05, 0.1) is 0 Å². The van der Waals surface area contributed by atoms with Crippen LogP contribution in [-0.4, -0.2) is 9.55 Å². The second-order valence-electron chi connectivity index (χ2n) is 5.70. The molecule has 104 valence electrons. The molecule has 1 heterocycles. The quantitative estimate of drug-likeness (QED) is 0.924. The highest BCUT2D eigenvalue weighted by Gasteiger charge is 2.37. The van der Waals surface area contributed by atoms with Gasteiger partial charge in [-0.25, -0.2) is 9.37 Å². The minimum atomic E-state index is -0.330. The minimum absolute atomic E-state index is 0.330. The van der Waals surface area contributed by atoms with Crippen LogP contribution in [0.2, 0.25) is 5.02 Å². The third kappa shape index (κ3) is 1.90. The van der Waals surface area contributed by atoms with Gasteiger partial charge in [0.25, 0.3) is 0 Å². The first-order chi connectivity index (χ1) is 9.65. The molecule has 2 fully saturated rings. The molecule has 2 aliphatic rings. The van der Waals surface area contributed by atoms with Crippen LogP contribution in [-0.2, 0) is 0 Å². The molecule has 0 saturated heterocycles. The lowest BCUT2D eigenvalue weighted by atomic mass is 10.1. The van der Waals surface area contributed by atoms with Crippen molar-refractivity contribution in [1.82, 2.24) is 9.55 Å². The van der Waals surface area contributed by atoms with E-state index in [1.54, 1.807) is 6.07 Å². The molecule has 0 aliphatic heterocycles. The van der Waals surface area contributed by atoms with Gasteiger partial charge in [-0.1, -0.05) is 11.6 Å². The number of anilines is 1. The highest BCUT2D eigenvalue weighted by atomic mass is 35.5. The molecule has 2 aromatic rings. The van der Waals surface area contributed by atoms with Gasteiger partial charge < -0.3 is 10.3 Å². The number of benzene rings is 1. The zero-order valence-electron chi connectivity index (χ0n) is 10.9. The first-order valence-corrected chi connectivity index (χ1v) is 7.36. The standard InChI is InChI=1S/C15H15ClFN3/c16-9-3-6-12(17)11(7-9)13-14(18)20(10-4-5-10)15(19-13)8-1-2-8/h3,6-8,10H,1-2,4-5,18H2. The van der Waals surface area contributed by atoms with Crippen molar-refractivity contribution in [3.05, 3.63) is 34.9 Å². The molecule has 0 amide bonds. The van der Waals surface area contributed by atoms with E-state index in [0.29, 0.717) is 34.1 Å². The average molecular weight is 292 g/mol. The lowest BCUT2D eigenvalue weighted by Gasteiger charge is -2.07. The van der Waals surface area contributed by atoms with Crippen LogP contribution in [0.5, 0.6) is 0 Å². The Kier molecular flexibility index (Phi) is 2.58. The van der Waals surface area contributed by atoms with Crippen LogP contribution < -0.4 is 5.73 Å². The number of nitrogen functional groups attached to an aromatic ring is 1. The molecule has 1 aromatic heterocycles. The molecule has 2 aliphatic carbocycles. The number of hydrogen-bond donors (Lipinski definition) is 1. The summed E-state index contributed by atoms with van der Waals surface area (Å²) in [6.07, 6.45) is 4.58. The summed E-state index contributed by atoms with van der Waals surface area (Å²) in [7, 11) is 0. The average Bonchev–Trinajstić information content (AvgIpc) is 3.31. The van der Waals surface area contributed by atoms with E-state index in [1.165, 1.54) is 12.1 Å². The maximum Gasteiger partial charge on any atom is 0.132 e. The molecule has 0 spiro atoms. The molecule has 0 radical (unpaired) electrons. The van der Waals surface area contributed by atoms with E-state index in [9.17, 15) is 4.39 Å². The minimum Gasteiger partial charge on any atom is -0.383 e. The Morgan fingerprint density at radius 1 is 1.25 bits per heavy atom. The Morgan fingerprint density at radius 2 is 2.00 bits per heavy atom. The molecule has 4 rings (SSSR count). The highest BCUT2D eigenvalue weighted by molar-refractivity contribution is 6.30. The fraction of sp³-hybridized carbons (Fsp3) is 0.400. The molecule has 0 unspecified atom stereocenters. The van der Waals surface area contributed by atoms with E-state index in [1.807, 2.05) is 0 Å². The van der Waals surface area contributed by atoms with Crippen molar-refractivity contribution in [1.29, 1.82) is 0 Å². The fourth-order valence-corrected chi connectivity index (χ4v) is 2.86. The van der Waals surface area contributed by atoms with E-state index in [-0.39, 0.29) is 5.82 Å². The summed E-state index contributed by atoms with van der Waals surface area (Å²) in [5.74, 6) is 1.77. The summed E-state index contributed by atoms with van der Waals surface area (Å²) in [6.45, 7) is 0. The lowest BCUT2D eigenvalue weighted by Crippen LogP contribution is -2.04. The van der Waals surface area contributed by atoms with Crippen LogP contribution >= 0.6 is 11.6 Å². The normalized spacial score (nSPS) is 18.5. The highest BCUT2D eigenvalue weighted by Crippen LogP contribution is 2.48. The summed E-state index contributed by atoms with van der Waals surface area (Å²) in [5.41, 5.74) is 7.19. The predicted molar refractivity (Wildman–Crippen MR) is 77.3 cm³/mol. The largest absolute Gasteiger partial charge is 0.383 e. The third-order valence-electron chi connectivity index (χ3n) is 4.01. The Hall–Kier alpha value is -1.55. The number of imidazole rings is 1. The maximum absolute atomic E-state index is 14.0. The van der Waals surface area contributed by atoms with E-state index in [0.717, 1.165) is 31.5 Å². The number of nitrogens with zero attached hydrogens (tertiary/aromatic N) is 2. The van der Waals surface area contributed by atoms with E-state index in [2.05, 4.69) is 9.55 Å². The second-order valence-corrected chi connectivity index (χ2v) is 6.14. The molecule has 2 saturated carbocycles. The van der Waals surface area contributed by atoms with Crippen LogP contribution in [0, 0.1) is 5.82 Å². The Balaban J connectivity index is 1.89. The van der Waals surface area contributed by atoms with Gasteiger partial charge in [-0.2, -0.15) is 0 Å². The molecule has 20 heavy (non-hydrogen) atoms. The number of halogens is 2. The monoisotopic (exact) mass is 291 g/mol. The Labute approximate surface area is 121 Å². The van der Waals surface area contributed by atoms with Gasteiger partial charge in [0, 0.05) is 22.5 Å². The molecule has 1 aromatic carbocycles. The van der Waals surface area contributed by atoms with Crippen molar-refractivity contribution < 1.29 is 4.39 Å². The summed E-state index contributed by atoms with van der Waals surface area (Å²) >= 11 is 5.97. The van der Waals surface area contributed by atoms with Crippen molar-refractivity contribution >= 4 is 17.4 Å². The van der Waals surface area contributed by atoms with E-state index >= 15 is 0 Å². The topological polar surface area (TPSA) is 43.8 Å². The maximum atomic E-state index is 14.0. The first kappa shape index (κ1) is 12.2.